The van der Waals surface area contributed by atoms with E-state index in [0.29, 0.717) is 13.2 Å². The Bertz CT molecular complexity index is 425. The molecule has 1 saturated heterocycles. The highest BCUT2D eigenvalue weighted by Gasteiger charge is 2.33. The van der Waals surface area contributed by atoms with E-state index in [2.05, 4.69) is 0 Å². The summed E-state index contributed by atoms with van der Waals surface area (Å²) in [7, 11) is -3.15. The molecular formula is C14H27NO4S. The quantitative estimate of drug-likeness (QED) is 0.722. The largest absolute Gasteiger partial charge is 0.465 e. The first kappa shape index (κ1) is 17.4. The van der Waals surface area contributed by atoms with Gasteiger partial charge >= 0.3 is 5.97 Å². The molecule has 1 aliphatic heterocycles. The van der Waals surface area contributed by atoms with Crippen LogP contribution in [0.3, 0.4) is 0 Å². The third-order valence-corrected chi connectivity index (χ3v) is 6.34. The second-order valence-electron chi connectivity index (χ2n) is 6.23. The molecule has 0 saturated carbocycles. The number of carbonyl (C=O) groups excluding carboxylic acids is 1. The van der Waals surface area contributed by atoms with Crippen molar-refractivity contribution in [3.8, 4) is 0 Å². The van der Waals surface area contributed by atoms with E-state index in [1.165, 1.54) is 0 Å². The van der Waals surface area contributed by atoms with E-state index in [-0.39, 0.29) is 17.8 Å². The molecule has 0 radical (unpaired) electrons. The maximum atomic E-state index is 12.2. The monoisotopic (exact) mass is 305 g/mol. The van der Waals surface area contributed by atoms with Crippen molar-refractivity contribution in [2.24, 2.45) is 0 Å². The van der Waals surface area contributed by atoms with Gasteiger partial charge in [-0.3, -0.25) is 9.69 Å². The van der Waals surface area contributed by atoms with Crippen molar-refractivity contribution in [1.82, 2.24) is 4.90 Å². The van der Waals surface area contributed by atoms with Crippen LogP contribution in [-0.2, 0) is 19.4 Å². The van der Waals surface area contributed by atoms with Crippen LogP contribution >= 0.6 is 0 Å². The standard InChI is InChI=1S/C14H27NO4S/c1-5-19-13(16)12-8-6-7-9-15(12)10-11-20(17,18)14(2,3)4/h12H,5-11H2,1-4H3. The lowest BCUT2D eigenvalue weighted by Gasteiger charge is -2.34. The summed E-state index contributed by atoms with van der Waals surface area (Å²) in [4.78, 5) is 13.9. The molecule has 0 N–H and O–H groups in total. The number of esters is 1. The normalized spacial score (nSPS) is 21.7. The van der Waals surface area contributed by atoms with Crippen LogP contribution in [0.4, 0.5) is 0 Å². The van der Waals surface area contributed by atoms with Gasteiger partial charge in [-0.25, -0.2) is 8.42 Å². The fourth-order valence-electron chi connectivity index (χ4n) is 2.31. The third kappa shape index (κ3) is 4.45. The first-order valence-electron chi connectivity index (χ1n) is 7.32. The van der Waals surface area contributed by atoms with Crippen LogP contribution in [0.15, 0.2) is 0 Å². The summed E-state index contributed by atoms with van der Waals surface area (Å²) in [6.07, 6.45) is 2.76. The molecule has 1 aliphatic rings. The summed E-state index contributed by atoms with van der Waals surface area (Å²) in [6.45, 7) is 8.45. The molecule has 0 aromatic heterocycles. The zero-order valence-electron chi connectivity index (χ0n) is 13.0. The number of hydrogen-bond donors (Lipinski definition) is 0. The van der Waals surface area contributed by atoms with Crippen molar-refractivity contribution >= 4 is 15.8 Å². The minimum Gasteiger partial charge on any atom is -0.465 e. The van der Waals surface area contributed by atoms with Crippen LogP contribution in [0, 0.1) is 0 Å². The lowest BCUT2D eigenvalue weighted by atomic mass is 10.0. The number of likely N-dealkylation sites (tertiary alicyclic amines) is 1. The fraction of sp³-hybridized carbons (Fsp3) is 0.929. The minimum atomic E-state index is -3.15. The van der Waals surface area contributed by atoms with Gasteiger partial charge in [0, 0.05) is 6.54 Å². The predicted molar refractivity (Wildman–Crippen MR) is 79.4 cm³/mol. The second kappa shape index (κ2) is 6.89. The molecule has 0 amide bonds. The van der Waals surface area contributed by atoms with Gasteiger partial charge in [-0.2, -0.15) is 0 Å². The maximum absolute atomic E-state index is 12.2. The molecule has 0 spiro atoms. The Hall–Kier alpha value is -0.620. The van der Waals surface area contributed by atoms with Crippen LogP contribution in [0.1, 0.15) is 47.0 Å². The number of sulfone groups is 1. The molecule has 0 aromatic carbocycles. The highest BCUT2D eigenvalue weighted by molar-refractivity contribution is 7.92. The van der Waals surface area contributed by atoms with E-state index < -0.39 is 14.6 Å². The molecule has 0 aromatic rings. The first-order valence-corrected chi connectivity index (χ1v) is 8.97. The SMILES string of the molecule is CCOC(=O)C1CCCCN1CCS(=O)(=O)C(C)(C)C. The van der Waals surface area contributed by atoms with Gasteiger partial charge in [0.2, 0.25) is 0 Å². The Balaban J connectivity index is 2.66. The summed E-state index contributed by atoms with van der Waals surface area (Å²) in [5, 5.41) is 0. The molecule has 6 heteroatoms. The van der Waals surface area contributed by atoms with Crippen molar-refractivity contribution in [2.45, 2.75) is 57.7 Å². The molecule has 1 heterocycles. The van der Waals surface area contributed by atoms with Crippen molar-refractivity contribution < 1.29 is 17.9 Å². The molecule has 0 bridgehead atoms. The molecular weight excluding hydrogens is 278 g/mol. The van der Waals surface area contributed by atoms with Gasteiger partial charge in [0.1, 0.15) is 6.04 Å². The molecule has 20 heavy (non-hydrogen) atoms. The van der Waals surface area contributed by atoms with E-state index in [1.54, 1.807) is 27.7 Å². The second-order valence-corrected chi connectivity index (χ2v) is 9.09. The molecule has 0 aliphatic carbocycles. The van der Waals surface area contributed by atoms with Crippen molar-refractivity contribution in [3.05, 3.63) is 0 Å². The summed E-state index contributed by atoms with van der Waals surface area (Å²) < 4.78 is 28.6. The molecule has 5 nitrogen and oxygen atoms in total. The lowest BCUT2D eigenvalue weighted by molar-refractivity contribution is -0.150. The van der Waals surface area contributed by atoms with E-state index in [4.69, 9.17) is 4.74 Å². The van der Waals surface area contributed by atoms with Crippen LogP contribution in [0.2, 0.25) is 0 Å². The highest BCUT2D eigenvalue weighted by Crippen LogP contribution is 2.20. The number of hydrogen-bond acceptors (Lipinski definition) is 5. The summed E-state index contributed by atoms with van der Waals surface area (Å²) in [6, 6.07) is -0.279. The van der Waals surface area contributed by atoms with Gasteiger partial charge in [0.25, 0.3) is 0 Å². The maximum Gasteiger partial charge on any atom is 0.323 e. The average Bonchev–Trinajstić information content (AvgIpc) is 2.35. The number of piperidine rings is 1. The Kier molecular flexibility index (Phi) is 6.01. The number of ether oxygens (including phenoxy) is 1. The van der Waals surface area contributed by atoms with E-state index in [9.17, 15) is 13.2 Å². The Morgan fingerprint density at radius 1 is 1.30 bits per heavy atom. The summed E-state index contributed by atoms with van der Waals surface area (Å²) in [5.74, 6) is -0.132. The molecule has 118 valence electrons. The van der Waals surface area contributed by atoms with E-state index in [1.807, 2.05) is 4.90 Å². The molecule has 1 atom stereocenters. The van der Waals surface area contributed by atoms with Crippen molar-refractivity contribution in [3.63, 3.8) is 0 Å². The van der Waals surface area contributed by atoms with Crippen LogP contribution in [-0.4, -0.2) is 55.5 Å². The molecule has 1 fully saturated rings. The van der Waals surface area contributed by atoms with Gasteiger partial charge in [-0.1, -0.05) is 6.42 Å². The van der Waals surface area contributed by atoms with Crippen molar-refractivity contribution in [2.75, 3.05) is 25.4 Å². The average molecular weight is 305 g/mol. The lowest BCUT2D eigenvalue weighted by Crippen LogP contribution is -2.48. The highest BCUT2D eigenvalue weighted by atomic mass is 32.2. The molecule has 1 unspecified atom stereocenters. The first-order chi connectivity index (χ1) is 9.19. The van der Waals surface area contributed by atoms with Crippen LogP contribution in [0.5, 0.6) is 0 Å². The Labute approximate surface area is 122 Å². The summed E-state index contributed by atoms with van der Waals surface area (Å²) in [5.41, 5.74) is 0. The van der Waals surface area contributed by atoms with Crippen LogP contribution < -0.4 is 0 Å². The number of carbonyl (C=O) groups is 1. The topological polar surface area (TPSA) is 63.7 Å². The number of rotatable bonds is 5. The van der Waals surface area contributed by atoms with Crippen molar-refractivity contribution in [1.29, 1.82) is 0 Å². The van der Waals surface area contributed by atoms with Gasteiger partial charge < -0.3 is 4.74 Å². The van der Waals surface area contributed by atoms with Crippen LogP contribution in [0.25, 0.3) is 0 Å². The Morgan fingerprint density at radius 3 is 2.50 bits per heavy atom. The summed E-state index contributed by atoms with van der Waals surface area (Å²) >= 11 is 0. The third-order valence-electron chi connectivity index (χ3n) is 3.75. The van der Waals surface area contributed by atoms with Gasteiger partial charge in [-0.05, 0) is 47.1 Å². The Morgan fingerprint density at radius 2 is 1.95 bits per heavy atom. The predicted octanol–water partition coefficient (Wildman–Crippen LogP) is 1.62. The van der Waals surface area contributed by atoms with E-state index in [0.717, 1.165) is 25.8 Å². The van der Waals surface area contributed by atoms with E-state index >= 15 is 0 Å². The smallest absolute Gasteiger partial charge is 0.323 e. The molecule has 1 rings (SSSR count). The van der Waals surface area contributed by atoms with Gasteiger partial charge in [-0.15, -0.1) is 0 Å². The fourth-order valence-corrected chi connectivity index (χ4v) is 3.39. The number of nitrogens with zero attached hydrogens (tertiary/aromatic N) is 1. The van der Waals surface area contributed by atoms with Gasteiger partial charge in [0.15, 0.2) is 9.84 Å². The minimum absolute atomic E-state index is 0.0897. The van der Waals surface area contributed by atoms with Gasteiger partial charge in [0.05, 0.1) is 17.1 Å². The zero-order chi connectivity index (χ0) is 15.4. The zero-order valence-corrected chi connectivity index (χ0v) is 13.8.